The van der Waals surface area contributed by atoms with Crippen molar-refractivity contribution in [3.63, 3.8) is 0 Å². The van der Waals surface area contributed by atoms with Crippen LogP contribution in [0.1, 0.15) is 32.6 Å². The second kappa shape index (κ2) is 7.32. The molecule has 2 aliphatic heterocycles. The fraction of sp³-hybridized carbons (Fsp3) is 0.611. The number of ether oxygens (including phenoxy) is 1. The lowest BCUT2D eigenvalue weighted by atomic mass is 9.99. The van der Waals surface area contributed by atoms with Gasteiger partial charge in [0.05, 0.1) is 6.10 Å². The van der Waals surface area contributed by atoms with Gasteiger partial charge >= 0.3 is 0 Å². The van der Waals surface area contributed by atoms with Crippen LogP contribution in [-0.4, -0.2) is 37.7 Å². The molecule has 5 heteroatoms. The molecule has 5 nitrogen and oxygen atoms in total. The lowest BCUT2D eigenvalue weighted by Crippen LogP contribution is -2.33. The van der Waals surface area contributed by atoms with Crippen molar-refractivity contribution in [2.24, 2.45) is 11.7 Å². The number of rotatable bonds is 4. The van der Waals surface area contributed by atoms with E-state index in [2.05, 4.69) is 29.3 Å². The van der Waals surface area contributed by atoms with Crippen molar-refractivity contribution in [2.45, 2.75) is 44.8 Å². The van der Waals surface area contributed by atoms with Gasteiger partial charge < -0.3 is 20.7 Å². The Bertz CT molecular complexity index is 541. The molecule has 2 heterocycles. The van der Waals surface area contributed by atoms with Crippen LogP contribution in [0.4, 0.5) is 11.4 Å². The molecule has 0 spiro atoms. The van der Waals surface area contributed by atoms with Gasteiger partial charge in [-0.15, -0.1) is 0 Å². The SMILES string of the molecule is CC1CCN(c2cccc(NC(=O)[C@@H]3CC[C@H](CN)O3)c2)CC1. The van der Waals surface area contributed by atoms with Crippen LogP contribution < -0.4 is 16.0 Å². The Balaban J connectivity index is 1.60. The van der Waals surface area contributed by atoms with Gasteiger partial charge in [-0.3, -0.25) is 4.79 Å². The minimum Gasteiger partial charge on any atom is -0.371 e. The standard InChI is InChI=1S/C18H27N3O2/c1-13-7-9-21(10-8-13)15-4-2-3-14(11-15)20-18(22)17-6-5-16(12-19)23-17/h2-4,11,13,16-17H,5-10,12,19H2,1H3,(H,20,22)/t16-,17+/m1/s1. The van der Waals surface area contributed by atoms with Gasteiger partial charge in [-0.25, -0.2) is 0 Å². The summed E-state index contributed by atoms with van der Waals surface area (Å²) in [5.41, 5.74) is 7.62. The van der Waals surface area contributed by atoms with Gasteiger partial charge in [0.15, 0.2) is 0 Å². The van der Waals surface area contributed by atoms with Crippen LogP contribution in [0.3, 0.4) is 0 Å². The average molecular weight is 317 g/mol. The Morgan fingerprint density at radius 2 is 2.09 bits per heavy atom. The van der Waals surface area contributed by atoms with Gasteiger partial charge in [0.1, 0.15) is 6.10 Å². The molecule has 2 saturated heterocycles. The van der Waals surface area contributed by atoms with Crippen LogP contribution in [0, 0.1) is 5.92 Å². The Kier molecular flexibility index (Phi) is 5.18. The van der Waals surface area contributed by atoms with Crippen molar-refractivity contribution in [2.75, 3.05) is 29.9 Å². The lowest BCUT2D eigenvalue weighted by molar-refractivity contribution is -0.126. The van der Waals surface area contributed by atoms with Gasteiger partial charge in [-0.1, -0.05) is 13.0 Å². The summed E-state index contributed by atoms with van der Waals surface area (Å²) in [6.45, 7) is 4.96. The molecule has 2 aliphatic rings. The van der Waals surface area contributed by atoms with Gasteiger partial charge in [0.25, 0.3) is 5.91 Å². The smallest absolute Gasteiger partial charge is 0.253 e. The normalized spacial score (nSPS) is 25.6. The third kappa shape index (κ3) is 4.03. The molecule has 0 radical (unpaired) electrons. The first-order valence-electron chi connectivity index (χ1n) is 8.67. The third-order valence-electron chi connectivity index (χ3n) is 4.93. The first kappa shape index (κ1) is 16.3. The summed E-state index contributed by atoms with van der Waals surface area (Å²) < 4.78 is 5.66. The topological polar surface area (TPSA) is 67.6 Å². The van der Waals surface area contributed by atoms with E-state index in [-0.39, 0.29) is 18.1 Å². The molecule has 0 unspecified atom stereocenters. The molecule has 2 atom stereocenters. The number of nitrogens with one attached hydrogen (secondary N) is 1. The molecule has 1 amide bonds. The van der Waals surface area contributed by atoms with Crippen molar-refractivity contribution < 1.29 is 9.53 Å². The number of benzene rings is 1. The zero-order valence-electron chi connectivity index (χ0n) is 13.8. The van der Waals surface area contributed by atoms with E-state index in [0.717, 1.165) is 37.5 Å². The van der Waals surface area contributed by atoms with Gasteiger partial charge in [-0.05, 0) is 49.8 Å². The highest BCUT2D eigenvalue weighted by atomic mass is 16.5. The van der Waals surface area contributed by atoms with Gasteiger partial charge in [-0.2, -0.15) is 0 Å². The zero-order valence-corrected chi connectivity index (χ0v) is 13.8. The summed E-state index contributed by atoms with van der Waals surface area (Å²) in [4.78, 5) is 14.7. The van der Waals surface area contributed by atoms with E-state index in [1.165, 1.54) is 18.5 Å². The van der Waals surface area contributed by atoms with Crippen LogP contribution in [0.15, 0.2) is 24.3 Å². The fourth-order valence-electron chi connectivity index (χ4n) is 3.34. The van der Waals surface area contributed by atoms with E-state index in [4.69, 9.17) is 10.5 Å². The second-order valence-electron chi connectivity index (χ2n) is 6.77. The number of carbonyl (C=O) groups excluding carboxylic acids is 1. The molecule has 23 heavy (non-hydrogen) atoms. The first-order chi connectivity index (χ1) is 11.2. The maximum absolute atomic E-state index is 12.3. The molecule has 3 N–H and O–H groups in total. The molecule has 0 aromatic heterocycles. The minimum absolute atomic E-state index is 0.0208. The largest absolute Gasteiger partial charge is 0.371 e. The number of nitrogens with two attached hydrogens (primary N) is 1. The van der Waals surface area contributed by atoms with Crippen molar-refractivity contribution in [3.8, 4) is 0 Å². The number of hydrogen-bond acceptors (Lipinski definition) is 4. The van der Waals surface area contributed by atoms with E-state index in [0.29, 0.717) is 6.54 Å². The molecule has 126 valence electrons. The summed E-state index contributed by atoms with van der Waals surface area (Å²) in [5.74, 6) is 0.745. The summed E-state index contributed by atoms with van der Waals surface area (Å²) >= 11 is 0. The monoisotopic (exact) mass is 317 g/mol. The van der Waals surface area contributed by atoms with Crippen molar-refractivity contribution in [3.05, 3.63) is 24.3 Å². The zero-order chi connectivity index (χ0) is 16.2. The van der Waals surface area contributed by atoms with Crippen LogP contribution >= 0.6 is 0 Å². The predicted octanol–water partition coefficient (Wildman–Crippen LogP) is 2.37. The van der Waals surface area contributed by atoms with Crippen LogP contribution in [0.5, 0.6) is 0 Å². The summed E-state index contributed by atoms with van der Waals surface area (Å²) in [6.07, 6.45) is 3.72. The Labute approximate surface area is 138 Å². The fourth-order valence-corrected chi connectivity index (χ4v) is 3.34. The average Bonchev–Trinajstić information content (AvgIpc) is 3.05. The number of piperidine rings is 1. The highest BCUT2D eigenvalue weighted by Crippen LogP contribution is 2.26. The quantitative estimate of drug-likeness (QED) is 0.894. The first-order valence-corrected chi connectivity index (χ1v) is 8.67. The Hall–Kier alpha value is -1.59. The number of nitrogens with zero attached hydrogens (tertiary/aromatic N) is 1. The van der Waals surface area contributed by atoms with Crippen molar-refractivity contribution >= 4 is 17.3 Å². The summed E-state index contributed by atoms with van der Waals surface area (Å²) in [7, 11) is 0. The number of hydrogen-bond donors (Lipinski definition) is 2. The molecule has 1 aromatic carbocycles. The minimum atomic E-state index is -0.372. The highest BCUT2D eigenvalue weighted by Gasteiger charge is 2.29. The van der Waals surface area contributed by atoms with E-state index in [1.807, 2.05) is 12.1 Å². The van der Waals surface area contributed by atoms with Crippen molar-refractivity contribution in [1.82, 2.24) is 0 Å². The van der Waals surface area contributed by atoms with Crippen molar-refractivity contribution in [1.29, 1.82) is 0 Å². The Morgan fingerprint density at radius 1 is 1.30 bits per heavy atom. The number of anilines is 2. The van der Waals surface area contributed by atoms with Crippen LogP contribution in [-0.2, 0) is 9.53 Å². The lowest BCUT2D eigenvalue weighted by Gasteiger charge is -2.32. The molecular formula is C18H27N3O2. The predicted molar refractivity (Wildman–Crippen MR) is 92.6 cm³/mol. The molecule has 0 saturated carbocycles. The van der Waals surface area contributed by atoms with Crippen LogP contribution in [0.25, 0.3) is 0 Å². The van der Waals surface area contributed by atoms with Crippen LogP contribution in [0.2, 0.25) is 0 Å². The third-order valence-corrected chi connectivity index (χ3v) is 4.93. The number of carbonyl (C=O) groups is 1. The maximum Gasteiger partial charge on any atom is 0.253 e. The second-order valence-corrected chi connectivity index (χ2v) is 6.77. The van der Waals surface area contributed by atoms with Gasteiger partial charge in [0, 0.05) is 31.0 Å². The van der Waals surface area contributed by atoms with E-state index in [1.54, 1.807) is 0 Å². The number of amides is 1. The molecule has 3 rings (SSSR count). The molecular weight excluding hydrogens is 290 g/mol. The molecule has 2 fully saturated rings. The van der Waals surface area contributed by atoms with E-state index < -0.39 is 0 Å². The van der Waals surface area contributed by atoms with E-state index >= 15 is 0 Å². The maximum atomic E-state index is 12.3. The molecule has 0 aliphatic carbocycles. The molecule has 0 bridgehead atoms. The van der Waals surface area contributed by atoms with E-state index in [9.17, 15) is 4.79 Å². The molecule has 1 aromatic rings. The van der Waals surface area contributed by atoms with Gasteiger partial charge in [0.2, 0.25) is 0 Å². The summed E-state index contributed by atoms with van der Waals surface area (Å²) in [6, 6.07) is 8.11. The highest BCUT2D eigenvalue weighted by molar-refractivity contribution is 5.94. The Morgan fingerprint density at radius 3 is 2.78 bits per heavy atom. The summed E-state index contributed by atoms with van der Waals surface area (Å²) in [5, 5.41) is 2.99.